The van der Waals surface area contributed by atoms with Crippen LogP contribution in [0.25, 0.3) is 11.0 Å². The Morgan fingerprint density at radius 3 is 2.17 bits per heavy atom. The number of imidazole rings is 1. The number of benzene rings is 3. The van der Waals surface area contributed by atoms with Crippen LogP contribution in [0.5, 0.6) is 0 Å². The Hall–Kier alpha value is -3.12. The van der Waals surface area contributed by atoms with Crippen LogP contribution in [-0.4, -0.2) is 24.5 Å². The van der Waals surface area contributed by atoms with Gasteiger partial charge in [0.2, 0.25) is 5.95 Å². The van der Waals surface area contributed by atoms with Crippen LogP contribution in [0.2, 0.25) is 0 Å². The quantitative estimate of drug-likeness (QED) is 0.508. The fourth-order valence-electron chi connectivity index (χ4n) is 3.92. The maximum Gasteiger partial charge on any atom is 0.266 e. The van der Waals surface area contributed by atoms with E-state index in [1.165, 1.54) is 9.87 Å². The molecular weight excluding hydrogens is 382 g/mol. The third-order valence-corrected chi connectivity index (χ3v) is 7.28. The fourth-order valence-corrected chi connectivity index (χ4v) is 5.34. The summed E-state index contributed by atoms with van der Waals surface area (Å²) in [6, 6.07) is 22.9. The number of nitrogens with zero attached hydrogens (tertiary/aromatic N) is 3. The summed E-state index contributed by atoms with van der Waals surface area (Å²) in [6.45, 7) is 4.32. The molecule has 0 aliphatic carbocycles. The zero-order chi connectivity index (χ0) is 20.2. The van der Waals surface area contributed by atoms with Gasteiger partial charge in [-0.1, -0.05) is 59.7 Å². The minimum absolute atomic E-state index is 0.127. The van der Waals surface area contributed by atoms with Gasteiger partial charge < -0.3 is 0 Å². The zero-order valence-corrected chi connectivity index (χ0v) is 17.1. The van der Waals surface area contributed by atoms with E-state index in [-0.39, 0.29) is 10.9 Å². The minimum atomic E-state index is -3.72. The minimum Gasteiger partial charge on any atom is -0.300 e. The lowest BCUT2D eigenvalue weighted by atomic mass is 10.1. The van der Waals surface area contributed by atoms with Crippen molar-refractivity contribution in [2.45, 2.75) is 24.8 Å². The molecule has 1 aromatic heterocycles. The number of para-hydroxylation sites is 2. The van der Waals surface area contributed by atoms with Gasteiger partial charge in [-0.05, 0) is 43.7 Å². The van der Waals surface area contributed by atoms with Gasteiger partial charge >= 0.3 is 0 Å². The first kappa shape index (κ1) is 17.9. The van der Waals surface area contributed by atoms with E-state index < -0.39 is 10.0 Å². The van der Waals surface area contributed by atoms with E-state index in [0.717, 1.165) is 22.2 Å². The fraction of sp³-hybridized carbons (Fsp3) is 0.174. The van der Waals surface area contributed by atoms with E-state index in [9.17, 15) is 8.42 Å². The van der Waals surface area contributed by atoms with Crippen LogP contribution in [0.3, 0.4) is 0 Å². The van der Waals surface area contributed by atoms with Crippen molar-refractivity contribution in [3.05, 3.63) is 89.5 Å². The standard InChI is InChI=1S/C23H21N3O2S/c1-16-7-11-18(12-8-16)22-15-25(29(27,28)19-13-9-17(2)10-14-19)23-24-20-5-3-4-6-21(20)26(22)23/h3-14,22H,15H2,1-2H3. The largest absolute Gasteiger partial charge is 0.300 e. The molecule has 29 heavy (non-hydrogen) atoms. The van der Waals surface area contributed by atoms with Gasteiger partial charge in [-0.25, -0.2) is 17.7 Å². The van der Waals surface area contributed by atoms with Gasteiger partial charge in [0.15, 0.2) is 0 Å². The second-order valence-corrected chi connectivity index (χ2v) is 9.41. The van der Waals surface area contributed by atoms with Crippen molar-refractivity contribution in [1.82, 2.24) is 9.55 Å². The van der Waals surface area contributed by atoms with Crippen LogP contribution in [0.4, 0.5) is 5.95 Å². The third-order valence-electron chi connectivity index (χ3n) is 5.52. The van der Waals surface area contributed by atoms with E-state index in [2.05, 4.69) is 29.2 Å². The molecule has 1 aliphatic heterocycles. The average Bonchev–Trinajstić information content (AvgIpc) is 3.26. The van der Waals surface area contributed by atoms with Crippen molar-refractivity contribution in [1.29, 1.82) is 0 Å². The first-order valence-corrected chi connectivity index (χ1v) is 11.0. The van der Waals surface area contributed by atoms with Gasteiger partial charge in [-0.2, -0.15) is 0 Å². The van der Waals surface area contributed by atoms with Crippen LogP contribution >= 0.6 is 0 Å². The van der Waals surface area contributed by atoms with Gasteiger partial charge in [-0.15, -0.1) is 0 Å². The molecular formula is C23H21N3O2S. The second kappa shape index (κ2) is 6.46. The lowest BCUT2D eigenvalue weighted by Crippen LogP contribution is -2.30. The summed E-state index contributed by atoms with van der Waals surface area (Å²) in [4.78, 5) is 4.97. The Morgan fingerprint density at radius 2 is 1.48 bits per heavy atom. The number of aryl methyl sites for hydroxylation is 2. The molecule has 1 atom stereocenters. The molecule has 6 heteroatoms. The van der Waals surface area contributed by atoms with Gasteiger partial charge in [0.05, 0.1) is 28.5 Å². The number of anilines is 1. The lowest BCUT2D eigenvalue weighted by Gasteiger charge is -2.18. The summed E-state index contributed by atoms with van der Waals surface area (Å²) in [5.74, 6) is 0.470. The summed E-state index contributed by atoms with van der Waals surface area (Å²) in [6.07, 6.45) is 0. The molecule has 0 bridgehead atoms. The molecule has 5 rings (SSSR count). The van der Waals surface area contributed by atoms with E-state index in [0.29, 0.717) is 12.5 Å². The molecule has 4 aromatic rings. The third kappa shape index (κ3) is 2.83. The molecule has 0 saturated heterocycles. The van der Waals surface area contributed by atoms with Gasteiger partial charge in [0, 0.05) is 0 Å². The highest BCUT2D eigenvalue weighted by Crippen LogP contribution is 2.40. The van der Waals surface area contributed by atoms with Crippen molar-refractivity contribution < 1.29 is 8.42 Å². The molecule has 0 saturated carbocycles. The summed E-state index contributed by atoms with van der Waals surface area (Å²) in [5.41, 5.74) is 5.00. The molecule has 0 radical (unpaired) electrons. The van der Waals surface area contributed by atoms with E-state index in [1.54, 1.807) is 12.1 Å². The van der Waals surface area contributed by atoms with E-state index in [4.69, 9.17) is 0 Å². The SMILES string of the molecule is Cc1ccc(C2CN(S(=O)(=O)c3ccc(C)cc3)c3nc4ccccc4n32)cc1. The average molecular weight is 404 g/mol. The van der Waals surface area contributed by atoms with E-state index in [1.807, 2.05) is 54.8 Å². The topological polar surface area (TPSA) is 55.2 Å². The van der Waals surface area contributed by atoms with Gasteiger partial charge in [-0.3, -0.25) is 4.57 Å². The van der Waals surface area contributed by atoms with E-state index >= 15 is 0 Å². The number of hydrogen-bond acceptors (Lipinski definition) is 3. The van der Waals surface area contributed by atoms with Crippen LogP contribution < -0.4 is 4.31 Å². The normalized spacial score (nSPS) is 16.3. The highest BCUT2D eigenvalue weighted by atomic mass is 32.2. The van der Waals surface area contributed by atoms with Crippen LogP contribution in [0.15, 0.2) is 77.7 Å². The molecule has 1 unspecified atom stereocenters. The predicted octanol–water partition coefficient (Wildman–Crippen LogP) is 4.45. The number of hydrogen-bond donors (Lipinski definition) is 0. The molecule has 1 aliphatic rings. The number of rotatable bonds is 3. The second-order valence-electron chi connectivity index (χ2n) is 7.55. The number of aromatic nitrogens is 2. The number of sulfonamides is 1. The van der Waals surface area contributed by atoms with Crippen LogP contribution in [-0.2, 0) is 10.0 Å². The molecule has 146 valence electrons. The Labute approximate surface area is 170 Å². The van der Waals surface area contributed by atoms with Gasteiger partial charge in [0.1, 0.15) is 0 Å². The first-order valence-electron chi connectivity index (χ1n) is 9.58. The van der Waals surface area contributed by atoms with Crippen molar-refractivity contribution in [3.8, 4) is 0 Å². The lowest BCUT2D eigenvalue weighted by molar-refractivity contribution is 0.589. The molecule has 0 spiro atoms. The highest BCUT2D eigenvalue weighted by molar-refractivity contribution is 7.92. The zero-order valence-electron chi connectivity index (χ0n) is 16.3. The maximum absolute atomic E-state index is 13.5. The molecule has 0 N–H and O–H groups in total. The molecule has 5 nitrogen and oxygen atoms in total. The summed E-state index contributed by atoms with van der Waals surface area (Å²) in [5, 5.41) is 0. The molecule has 0 amide bonds. The molecule has 0 fully saturated rings. The Morgan fingerprint density at radius 1 is 0.862 bits per heavy atom. The van der Waals surface area contributed by atoms with Crippen molar-refractivity contribution in [3.63, 3.8) is 0 Å². The van der Waals surface area contributed by atoms with Crippen LogP contribution in [0.1, 0.15) is 22.7 Å². The van der Waals surface area contributed by atoms with Crippen molar-refractivity contribution in [2.75, 3.05) is 10.8 Å². The predicted molar refractivity (Wildman–Crippen MR) is 115 cm³/mol. The maximum atomic E-state index is 13.5. The van der Waals surface area contributed by atoms with Crippen LogP contribution in [0, 0.1) is 13.8 Å². The Kier molecular flexibility index (Phi) is 3.99. The Balaban J connectivity index is 1.69. The monoisotopic (exact) mass is 403 g/mol. The number of fused-ring (bicyclic) bond motifs is 3. The van der Waals surface area contributed by atoms with Crippen molar-refractivity contribution >= 4 is 27.0 Å². The smallest absolute Gasteiger partial charge is 0.266 e. The summed E-state index contributed by atoms with van der Waals surface area (Å²) >= 11 is 0. The summed E-state index contributed by atoms with van der Waals surface area (Å²) in [7, 11) is -3.72. The first-order chi connectivity index (χ1) is 13.9. The molecule has 3 aromatic carbocycles. The van der Waals surface area contributed by atoms with Crippen molar-refractivity contribution in [2.24, 2.45) is 0 Å². The Bertz CT molecular complexity index is 1310. The highest BCUT2D eigenvalue weighted by Gasteiger charge is 2.39. The van der Waals surface area contributed by atoms with Gasteiger partial charge in [0.25, 0.3) is 10.0 Å². The molecule has 2 heterocycles. The summed E-state index contributed by atoms with van der Waals surface area (Å²) < 4.78 is 30.5.